The first kappa shape index (κ1) is 17.9. The molecular weight excluding hydrogens is 332 g/mol. The molecule has 0 fully saturated rings. The van der Waals surface area contributed by atoms with Crippen LogP contribution in [0.25, 0.3) is 0 Å². The molecule has 0 bridgehead atoms. The third-order valence-electron chi connectivity index (χ3n) is 3.30. The lowest BCUT2D eigenvalue weighted by Gasteiger charge is -2.10. The van der Waals surface area contributed by atoms with E-state index in [-0.39, 0.29) is 23.1 Å². The van der Waals surface area contributed by atoms with Crippen LogP contribution in [-0.2, 0) is 7.05 Å². The van der Waals surface area contributed by atoms with Crippen molar-refractivity contribution in [3.05, 3.63) is 40.2 Å². The fourth-order valence-electron chi connectivity index (χ4n) is 1.80. The van der Waals surface area contributed by atoms with E-state index in [2.05, 4.69) is 15.5 Å². The van der Waals surface area contributed by atoms with Gasteiger partial charge in [-0.2, -0.15) is 0 Å². The lowest BCUT2D eigenvalue weighted by Crippen LogP contribution is -2.31. The molecule has 1 amide bonds. The van der Waals surface area contributed by atoms with Crippen LogP contribution in [0.5, 0.6) is 0 Å². The van der Waals surface area contributed by atoms with Gasteiger partial charge in [0.1, 0.15) is 6.33 Å². The molecule has 0 spiro atoms. The zero-order valence-electron chi connectivity index (χ0n) is 13.3. The zero-order chi connectivity index (χ0) is 17.7. The molecule has 0 aliphatic rings. The van der Waals surface area contributed by atoms with Gasteiger partial charge in [-0.1, -0.05) is 6.92 Å². The van der Waals surface area contributed by atoms with Crippen LogP contribution in [-0.4, -0.2) is 38.7 Å². The highest BCUT2D eigenvalue weighted by atomic mass is 32.2. The fourth-order valence-corrected chi connectivity index (χ4v) is 2.65. The number of nitrogens with zero attached hydrogens (tertiary/aromatic N) is 4. The summed E-state index contributed by atoms with van der Waals surface area (Å²) in [7, 11) is 1.74. The van der Waals surface area contributed by atoms with Crippen LogP contribution >= 0.6 is 11.8 Å². The van der Waals surface area contributed by atoms with E-state index < -0.39 is 4.92 Å². The Kier molecular flexibility index (Phi) is 5.88. The van der Waals surface area contributed by atoms with Gasteiger partial charge in [0.2, 0.25) is 0 Å². The Hall–Kier alpha value is -2.46. The predicted octanol–water partition coefficient (Wildman–Crippen LogP) is 1.20. The minimum atomic E-state index is -0.516. The molecule has 2 aromatic rings. The lowest BCUT2D eigenvalue weighted by molar-refractivity contribution is -0.387. The summed E-state index contributed by atoms with van der Waals surface area (Å²) in [6, 6.07) is 4.36. The Morgan fingerprint density at radius 1 is 1.54 bits per heavy atom. The normalized spacial score (nSPS) is 12.0. The number of nitrogens with one attached hydrogen (secondary N) is 1. The van der Waals surface area contributed by atoms with E-state index in [1.54, 1.807) is 23.7 Å². The lowest BCUT2D eigenvalue weighted by atomic mass is 10.1. The summed E-state index contributed by atoms with van der Waals surface area (Å²) in [5, 5.41) is 22.2. The van der Waals surface area contributed by atoms with Crippen molar-refractivity contribution in [2.45, 2.75) is 17.0 Å². The number of amides is 1. The summed E-state index contributed by atoms with van der Waals surface area (Å²) in [4.78, 5) is 23.3. The third-order valence-corrected chi connectivity index (χ3v) is 4.42. The van der Waals surface area contributed by atoms with Crippen molar-refractivity contribution >= 4 is 23.4 Å². The quantitative estimate of drug-likeness (QED) is 0.567. The van der Waals surface area contributed by atoms with Crippen LogP contribution in [0, 0.1) is 16.0 Å². The topological polar surface area (TPSA) is 129 Å². The molecule has 0 aliphatic carbocycles. The Morgan fingerprint density at radius 2 is 2.29 bits per heavy atom. The van der Waals surface area contributed by atoms with Crippen LogP contribution in [0.4, 0.5) is 5.69 Å². The van der Waals surface area contributed by atoms with Crippen LogP contribution in [0.3, 0.4) is 0 Å². The Bertz CT molecular complexity index is 748. The summed E-state index contributed by atoms with van der Waals surface area (Å²) in [5.41, 5.74) is 5.58. The molecule has 128 valence electrons. The van der Waals surface area contributed by atoms with Gasteiger partial charge in [0.15, 0.2) is 5.16 Å². The number of carbonyl (C=O) groups is 1. The number of hydrogen-bond acceptors (Lipinski definition) is 7. The van der Waals surface area contributed by atoms with E-state index >= 15 is 0 Å². The number of benzene rings is 1. The van der Waals surface area contributed by atoms with Crippen LogP contribution in [0.15, 0.2) is 34.6 Å². The largest absolute Gasteiger partial charge is 0.352 e. The molecule has 1 heterocycles. The molecule has 3 N–H and O–H groups in total. The summed E-state index contributed by atoms with van der Waals surface area (Å²) >= 11 is 1.12. The number of aryl methyl sites for hydroxylation is 1. The zero-order valence-corrected chi connectivity index (χ0v) is 14.1. The first-order chi connectivity index (χ1) is 11.4. The van der Waals surface area contributed by atoms with Crippen LogP contribution < -0.4 is 11.1 Å². The van der Waals surface area contributed by atoms with Gasteiger partial charge in [-0.3, -0.25) is 14.9 Å². The standard InChI is InChI=1S/C14H18N6O3S/c1-9(6-15)7-16-13(21)10-3-4-12(11(5-10)20(22)23)24-14-18-17-8-19(14)2/h3-5,8-9H,6-7,15H2,1-2H3,(H,16,21). The van der Waals surface area contributed by atoms with Crippen molar-refractivity contribution in [1.29, 1.82) is 0 Å². The number of nitro groups is 1. The highest BCUT2D eigenvalue weighted by Gasteiger charge is 2.20. The van der Waals surface area contributed by atoms with Crippen molar-refractivity contribution < 1.29 is 9.72 Å². The van der Waals surface area contributed by atoms with E-state index in [4.69, 9.17) is 5.73 Å². The smallest absolute Gasteiger partial charge is 0.284 e. The Balaban J connectivity index is 2.21. The number of nitro benzene ring substituents is 1. The van der Waals surface area contributed by atoms with E-state index in [1.807, 2.05) is 6.92 Å². The van der Waals surface area contributed by atoms with Gasteiger partial charge in [-0.15, -0.1) is 10.2 Å². The number of aromatic nitrogens is 3. The van der Waals surface area contributed by atoms with Crippen molar-refractivity contribution in [2.75, 3.05) is 13.1 Å². The first-order valence-electron chi connectivity index (χ1n) is 7.21. The molecule has 1 aromatic carbocycles. The van der Waals surface area contributed by atoms with Crippen molar-refractivity contribution in [1.82, 2.24) is 20.1 Å². The van der Waals surface area contributed by atoms with E-state index in [9.17, 15) is 14.9 Å². The third kappa shape index (κ3) is 4.30. The SMILES string of the molecule is CC(CN)CNC(=O)c1ccc(Sc2nncn2C)c([N+](=O)[O-])c1. The Morgan fingerprint density at radius 3 is 2.88 bits per heavy atom. The number of rotatable bonds is 7. The number of nitrogens with two attached hydrogens (primary N) is 1. The molecule has 0 radical (unpaired) electrons. The molecule has 9 nitrogen and oxygen atoms in total. The molecule has 24 heavy (non-hydrogen) atoms. The van der Waals surface area contributed by atoms with Gasteiger partial charge >= 0.3 is 0 Å². The van der Waals surface area contributed by atoms with Crippen LogP contribution in [0.1, 0.15) is 17.3 Å². The molecule has 1 atom stereocenters. The molecular formula is C14H18N6O3S. The van der Waals surface area contributed by atoms with Gasteiger partial charge in [0, 0.05) is 25.2 Å². The van der Waals surface area contributed by atoms with E-state index in [0.717, 1.165) is 11.8 Å². The van der Waals surface area contributed by atoms with Crippen molar-refractivity contribution in [2.24, 2.45) is 18.7 Å². The van der Waals surface area contributed by atoms with Crippen molar-refractivity contribution in [3.63, 3.8) is 0 Å². The highest BCUT2D eigenvalue weighted by molar-refractivity contribution is 7.99. The van der Waals surface area contributed by atoms with E-state index in [1.165, 1.54) is 12.4 Å². The maximum absolute atomic E-state index is 12.1. The van der Waals surface area contributed by atoms with Gasteiger partial charge < -0.3 is 15.6 Å². The van der Waals surface area contributed by atoms with Gasteiger partial charge in [-0.05, 0) is 36.4 Å². The fraction of sp³-hybridized carbons (Fsp3) is 0.357. The molecule has 0 saturated carbocycles. The molecule has 0 saturated heterocycles. The molecule has 1 unspecified atom stereocenters. The predicted molar refractivity (Wildman–Crippen MR) is 88.8 cm³/mol. The summed E-state index contributed by atoms with van der Waals surface area (Å²) in [6.45, 7) is 2.77. The minimum absolute atomic E-state index is 0.134. The summed E-state index contributed by atoms with van der Waals surface area (Å²) < 4.78 is 1.66. The second-order valence-corrected chi connectivity index (χ2v) is 6.33. The molecule has 1 aromatic heterocycles. The molecule has 10 heteroatoms. The number of carbonyl (C=O) groups excluding carboxylic acids is 1. The molecule has 2 rings (SSSR count). The average Bonchev–Trinajstić information content (AvgIpc) is 2.97. The van der Waals surface area contributed by atoms with Gasteiger partial charge in [0.25, 0.3) is 11.6 Å². The minimum Gasteiger partial charge on any atom is -0.352 e. The highest BCUT2D eigenvalue weighted by Crippen LogP contribution is 2.34. The maximum Gasteiger partial charge on any atom is 0.284 e. The second-order valence-electron chi connectivity index (χ2n) is 5.32. The van der Waals surface area contributed by atoms with Gasteiger partial charge in [-0.25, -0.2) is 0 Å². The maximum atomic E-state index is 12.1. The van der Waals surface area contributed by atoms with Gasteiger partial charge in [0.05, 0.1) is 9.82 Å². The Labute approximate surface area is 142 Å². The number of hydrogen-bond donors (Lipinski definition) is 2. The molecule has 0 aliphatic heterocycles. The van der Waals surface area contributed by atoms with E-state index in [0.29, 0.717) is 23.1 Å². The average molecular weight is 350 g/mol. The first-order valence-corrected chi connectivity index (χ1v) is 8.02. The van der Waals surface area contributed by atoms with Crippen molar-refractivity contribution in [3.8, 4) is 0 Å². The monoisotopic (exact) mass is 350 g/mol. The summed E-state index contributed by atoms with van der Waals surface area (Å²) in [5.74, 6) is -0.233. The summed E-state index contributed by atoms with van der Waals surface area (Å²) in [6.07, 6.45) is 1.51. The second kappa shape index (κ2) is 7.88. The van der Waals surface area contributed by atoms with Crippen LogP contribution in [0.2, 0.25) is 0 Å².